The summed E-state index contributed by atoms with van der Waals surface area (Å²) >= 11 is 5.38. The third-order valence-corrected chi connectivity index (χ3v) is 4.27. The first-order chi connectivity index (χ1) is 11.3. The third-order valence-electron chi connectivity index (χ3n) is 4.05. The van der Waals surface area contributed by atoms with Crippen LogP contribution in [0.25, 0.3) is 0 Å². The number of hydrogen-bond acceptors (Lipinski definition) is 2. The van der Waals surface area contributed by atoms with Crippen LogP contribution in [-0.4, -0.2) is 10.7 Å². The SMILES string of the molecule is Cc1ccc2c(c1)OC(C)(C)C[C@H]2NC(=S)Nc1ccccc1F. The molecule has 2 aromatic rings. The molecule has 1 heterocycles. The van der Waals surface area contributed by atoms with Crippen LogP contribution in [0.3, 0.4) is 0 Å². The van der Waals surface area contributed by atoms with Crippen LogP contribution in [0.4, 0.5) is 10.1 Å². The number of thiocarbonyl (C=S) groups is 1. The van der Waals surface area contributed by atoms with Gasteiger partial charge in [-0.1, -0.05) is 24.3 Å². The van der Waals surface area contributed by atoms with Crippen LogP contribution in [0, 0.1) is 12.7 Å². The lowest BCUT2D eigenvalue weighted by atomic mass is 9.89. The quantitative estimate of drug-likeness (QED) is 0.772. The molecule has 0 fully saturated rings. The van der Waals surface area contributed by atoms with Crippen molar-refractivity contribution in [1.29, 1.82) is 0 Å². The van der Waals surface area contributed by atoms with Crippen molar-refractivity contribution in [2.24, 2.45) is 0 Å². The Morgan fingerprint density at radius 2 is 2.00 bits per heavy atom. The molecule has 0 aliphatic carbocycles. The molecule has 3 rings (SSSR count). The van der Waals surface area contributed by atoms with Crippen LogP contribution in [0.15, 0.2) is 42.5 Å². The van der Waals surface area contributed by atoms with E-state index < -0.39 is 0 Å². The molecular formula is C19H21FN2OS. The molecule has 24 heavy (non-hydrogen) atoms. The van der Waals surface area contributed by atoms with Gasteiger partial charge in [-0.05, 0) is 56.8 Å². The number of para-hydroxylation sites is 1. The van der Waals surface area contributed by atoms with E-state index in [2.05, 4.69) is 36.6 Å². The van der Waals surface area contributed by atoms with Crippen molar-refractivity contribution in [3.63, 3.8) is 0 Å². The maximum Gasteiger partial charge on any atom is 0.171 e. The van der Waals surface area contributed by atoms with Crippen LogP contribution in [-0.2, 0) is 0 Å². The van der Waals surface area contributed by atoms with Crippen molar-refractivity contribution in [2.45, 2.75) is 38.8 Å². The molecule has 0 radical (unpaired) electrons. The summed E-state index contributed by atoms with van der Waals surface area (Å²) in [5.74, 6) is 0.544. The van der Waals surface area contributed by atoms with Crippen LogP contribution >= 0.6 is 12.2 Å². The number of benzene rings is 2. The standard InChI is InChI=1S/C19H21FN2OS/c1-12-8-9-13-16(11-19(2,3)23-17(13)10-12)22-18(24)21-15-7-5-4-6-14(15)20/h4-10,16H,11H2,1-3H3,(H2,21,22,24)/t16-/m1/s1. The highest BCUT2D eigenvalue weighted by Crippen LogP contribution is 2.39. The number of fused-ring (bicyclic) bond motifs is 1. The minimum absolute atomic E-state index is 0.0103. The van der Waals surface area contributed by atoms with Gasteiger partial charge in [-0.15, -0.1) is 0 Å². The number of rotatable bonds is 2. The number of anilines is 1. The Labute approximate surface area is 147 Å². The molecule has 2 N–H and O–H groups in total. The lowest BCUT2D eigenvalue weighted by molar-refractivity contribution is 0.0696. The Kier molecular flexibility index (Phi) is 4.45. The van der Waals surface area contributed by atoms with E-state index in [0.717, 1.165) is 23.3 Å². The maximum atomic E-state index is 13.8. The fourth-order valence-corrected chi connectivity index (χ4v) is 3.22. The fraction of sp³-hybridized carbons (Fsp3) is 0.316. The summed E-state index contributed by atoms with van der Waals surface area (Å²) in [6.45, 7) is 6.15. The summed E-state index contributed by atoms with van der Waals surface area (Å²) < 4.78 is 19.9. The number of nitrogens with one attached hydrogen (secondary N) is 2. The largest absolute Gasteiger partial charge is 0.487 e. The molecule has 0 amide bonds. The second-order valence-corrected chi connectivity index (χ2v) is 7.15. The zero-order chi connectivity index (χ0) is 17.3. The smallest absolute Gasteiger partial charge is 0.171 e. The van der Waals surface area contributed by atoms with Crippen molar-refractivity contribution >= 4 is 23.0 Å². The summed E-state index contributed by atoms with van der Waals surface area (Å²) in [5.41, 5.74) is 2.28. The van der Waals surface area contributed by atoms with E-state index in [1.165, 1.54) is 6.07 Å². The first-order valence-corrected chi connectivity index (χ1v) is 8.36. The van der Waals surface area contributed by atoms with Crippen LogP contribution < -0.4 is 15.4 Å². The molecule has 0 saturated heterocycles. The Bertz CT molecular complexity index is 776. The summed E-state index contributed by atoms with van der Waals surface area (Å²) in [4.78, 5) is 0. The van der Waals surface area contributed by atoms with Gasteiger partial charge in [0.25, 0.3) is 0 Å². The second-order valence-electron chi connectivity index (χ2n) is 6.74. The normalized spacial score (nSPS) is 18.2. The summed E-state index contributed by atoms with van der Waals surface area (Å²) in [6, 6.07) is 12.6. The molecule has 5 heteroatoms. The highest BCUT2D eigenvalue weighted by atomic mass is 32.1. The fourth-order valence-electron chi connectivity index (χ4n) is 2.97. The van der Waals surface area contributed by atoms with Crippen LogP contribution in [0.2, 0.25) is 0 Å². The predicted octanol–water partition coefficient (Wildman–Crippen LogP) is 4.72. The van der Waals surface area contributed by atoms with Gasteiger partial charge in [-0.3, -0.25) is 0 Å². The van der Waals surface area contributed by atoms with E-state index in [0.29, 0.717) is 10.8 Å². The lowest BCUT2D eigenvalue weighted by Gasteiger charge is -2.38. The van der Waals surface area contributed by atoms with Crippen molar-refractivity contribution in [2.75, 3.05) is 5.32 Å². The monoisotopic (exact) mass is 344 g/mol. The Morgan fingerprint density at radius 1 is 1.25 bits per heavy atom. The minimum Gasteiger partial charge on any atom is -0.487 e. The highest BCUT2D eigenvalue weighted by Gasteiger charge is 2.34. The number of halogens is 1. The summed E-state index contributed by atoms with van der Waals surface area (Å²) in [6.07, 6.45) is 0.766. The van der Waals surface area contributed by atoms with Crippen molar-refractivity contribution in [3.05, 3.63) is 59.4 Å². The molecule has 1 atom stereocenters. The van der Waals surface area contributed by atoms with Gasteiger partial charge < -0.3 is 15.4 Å². The molecule has 1 aliphatic rings. The van der Waals surface area contributed by atoms with Gasteiger partial charge in [0.2, 0.25) is 0 Å². The lowest BCUT2D eigenvalue weighted by Crippen LogP contribution is -2.42. The molecule has 0 spiro atoms. The van der Waals surface area contributed by atoms with E-state index in [-0.39, 0.29) is 17.5 Å². The van der Waals surface area contributed by atoms with Gasteiger partial charge in [-0.2, -0.15) is 0 Å². The van der Waals surface area contributed by atoms with Crippen molar-refractivity contribution < 1.29 is 9.13 Å². The Hall–Kier alpha value is -2.14. The van der Waals surface area contributed by atoms with Crippen LogP contribution in [0.1, 0.15) is 37.4 Å². The van der Waals surface area contributed by atoms with Crippen LogP contribution in [0.5, 0.6) is 5.75 Å². The molecule has 3 nitrogen and oxygen atoms in total. The molecule has 2 aromatic carbocycles. The van der Waals surface area contributed by atoms with E-state index in [1.54, 1.807) is 18.2 Å². The zero-order valence-corrected chi connectivity index (χ0v) is 14.8. The second kappa shape index (κ2) is 6.40. The number of ether oxygens (including phenoxy) is 1. The van der Waals surface area contributed by atoms with Crippen molar-refractivity contribution in [1.82, 2.24) is 5.32 Å². The zero-order valence-electron chi connectivity index (χ0n) is 14.0. The van der Waals surface area contributed by atoms with E-state index in [9.17, 15) is 4.39 Å². The molecule has 1 aliphatic heterocycles. The first-order valence-electron chi connectivity index (χ1n) is 7.96. The van der Waals surface area contributed by atoms with Gasteiger partial charge in [0.05, 0.1) is 11.7 Å². The van der Waals surface area contributed by atoms with Gasteiger partial charge in [0.1, 0.15) is 17.2 Å². The average molecular weight is 344 g/mol. The summed E-state index contributed by atoms with van der Waals surface area (Å²) in [5, 5.41) is 6.63. The number of hydrogen-bond donors (Lipinski definition) is 2. The molecule has 0 aromatic heterocycles. The van der Waals surface area contributed by atoms with E-state index in [1.807, 2.05) is 13.0 Å². The molecule has 0 unspecified atom stereocenters. The Morgan fingerprint density at radius 3 is 2.75 bits per heavy atom. The summed E-state index contributed by atoms with van der Waals surface area (Å²) in [7, 11) is 0. The minimum atomic E-state index is -0.329. The Balaban J connectivity index is 1.79. The predicted molar refractivity (Wildman–Crippen MR) is 99.0 cm³/mol. The van der Waals surface area contributed by atoms with Gasteiger partial charge in [0.15, 0.2) is 5.11 Å². The maximum absolute atomic E-state index is 13.8. The molecular weight excluding hydrogens is 323 g/mol. The van der Waals surface area contributed by atoms with Gasteiger partial charge in [0, 0.05) is 12.0 Å². The van der Waals surface area contributed by atoms with E-state index in [4.69, 9.17) is 17.0 Å². The highest BCUT2D eigenvalue weighted by molar-refractivity contribution is 7.80. The average Bonchev–Trinajstić information content (AvgIpc) is 2.48. The van der Waals surface area contributed by atoms with Gasteiger partial charge in [-0.25, -0.2) is 4.39 Å². The molecule has 0 bridgehead atoms. The van der Waals surface area contributed by atoms with E-state index >= 15 is 0 Å². The first kappa shape index (κ1) is 16.7. The van der Waals surface area contributed by atoms with Crippen molar-refractivity contribution in [3.8, 4) is 5.75 Å². The molecule has 0 saturated carbocycles. The van der Waals surface area contributed by atoms with Gasteiger partial charge >= 0.3 is 0 Å². The number of aryl methyl sites for hydroxylation is 1. The molecule has 126 valence electrons. The third kappa shape index (κ3) is 3.67. The topological polar surface area (TPSA) is 33.3 Å².